The van der Waals surface area contributed by atoms with Crippen molar-refractivity contribution in [2.75, 3.05) is 18.5 Å². The first-order valence-electron chi connectivity index (χ1n) is 6.50. The third-order valence-electron chi connectivity index (χ3n) is 2.68. The second kappa shape index (κ2) is 7.61. The fraction of sp³-hybridized carbons (Fsp3) is 0.200. The Balaban J connectivity index is 1.83. The van der Waals surface area contributed by atoms with Crippen molar-refractivity contribution in [3.05, 3.63) is 53.3 Å². The monoisotopic (exact) mass is 305 g/mol. The van der Waals surface area contributed by atoms with Crippen LogP contribution in [-0.2, 0) is 11.2 Å². The van der Waals surface area contributed by atoms with Crippen molar-refractivity contribution in [1.82, 2.24) is 4.98 Å². The number of hydrogen-bond acceptors (Lipinski definition) is 4. The van der Waals surface area contributed by atoms with E-state index in [-0.39, 0.29) is 12.5 Å². The summed E-state index contributed by atoms with van der Waals surface area (Å²) in [5.41, 5.74) is 6.98. The van der Waals surface area contributed by atoms with Crippen LogP contribution >= 0.6 is 11.6 Å². The molecule has 0 saturated heterocycles. The van der Waals surface area contributed by atoms with Crippen LogP contribution in [0, 0.1) is 0 Å². The van der Waals surface area contributed by atoms with E-state index in [4.69, 9.17) is 22.1 Å². The molecule has 110 valence electrons. The molecule has 0 atom stereocenters. The Morgan fingerprint density at radius 1 is 1.33 bits per heavy atom. The van der Waals surface area contributed by atoms with Crippen LogP contribution in [0.25, 0.3) is 0 Å². The Labute approximate surface area is 128 Å². The van der Waals surface area contributed by atoms with Crippen LogP contribution in [0.2, 0.25) is 5.02 Å². The molecule has 0 aliphatic rings. The Bertz CT molecular complexity index is 602. The van der Waals surface area contributed by atoms with E-state index in [1.165, 1.54) is 0 Å². The Kier molecular flexibility index (Phi) is 5.54. The van der Waals surface area contributed by atoms with E-state index in [9.17, 15) is 4.79 Å². The van der Waals surface area contributed by atoms with Crippen molar-refractivity contribution >= 4 is 23.2 Å². The lowest BCUT2D eigenvalue weighted by atomic mass is 10.3. The van der Waals surface area contributed by atoms with Crippen LogP contribution < -0.4 is 15.8 Å². The largest absolute Gasteiger partial charge is 0.482 e. The summed E-state index contributed by atoms with van der Waals surface area (Å²) in [4.78, 5) is 15.9. The number of benzene rings is 1. The molecule has 2 rings (SSSR count). The molecule has 2 aromatic rings. The van der Waals surface area contributed by atoms with Crippen molar-refractivity contribution < 1.29 is 9.53 Å². The van der Waals surface area contributed by atoms with Gasteiger partial charge in [-0.1, -0.05) is 17.7 Å². The SMILES string of the molecule is NCCc1ccc(OCC(=O)Nc2cccc(Cl)c2)cn1. The molecule has 1 aromatic heterocycles. The molecular weight excluding hydrogens is 290 g/mol. The molecule has 0 fully saturated rings. The lowest BCUT2D eigenvalue weighted by Crippen LogP contribution is -2.20. The van der Waals surface area contributed by atoms with E-state index >= 15 is 0 Å². The van der Waals surface area contributed by atoms with Crippen LogP contribution in [0.4, 0.5) is 5.69 Å². The molecule has 0 aliphatic heterocycles. The predicted molar refractivity (Wildman–Crippen MR) is 82.6 cm³/mol. The highest BCUT2D eigenvalue weighted by atomic mass is 35.5. The minimum atomic E-state index is -0.261. The number of anilines is 1. The molecule has 6 heteroatoms. The third-order valence-corrected chi connectivity index (χ3v) is 2.91. The molecule has 1 aromatic carbocycles. The number of nitrogens with one attached hydrogen (secondary N) is 1. The van der Waals surface area contributed by atoms with Gasteiger partial charge >= 0.3 is 0 Å². The van der Waals surface area contributed by atoms with Crippen molar-refractivity contribution in [2.24, 2.45) is 5.73 Å². The fourth-order valence-corrected chi connectivity index (χ4v) is 1.89. The second-order valence-electron chi connectivity index (χ2n) is 4.37. The average molecular weight is 306 g/mol. The van der Waals surface area contributed by atoms with Crippen LogP contribution in [0.5, 0.6) is 5.75 Å². The summed E-state index contributed by atoms with van der Waals surface area (Å²) < 4.78 is 5.36. The Morgan fingerprint density at radius 2 is 2.19 bits per heavy atom. The number of carbonyl (C=O) groups is 1. The smallest absolute Gasteiger partial charge is 0.262 e. The molecule has 0 bridgehead atoms. The molecule has 3 N–H and O–H groups in total. The topological polar surface area (TPSA) is 77.2 Å². The van der Waals surface area contributed by atoms with Gasteiger partial charge in [0.2, 0.25) is 0 Å². The second-order valence-corrected chi connectivity index (χ2v) is 4.81. The van der Waals surface area contributed by atoms with Gasteiger partial charge in [-0.25, -0.2) is 0 Å². The predicted octanol–water partition coefficient (Wildman–Crippen LogP) is 2.25. The molecule has 0 aliphatic carbocycles. The summed E-state index contributed by atoms with van der Waals surface area (Å²) in [5, 5.41) is 3.26. The number of halogens is 1. The average Bonchev–Trinajstić information content (AvgIpc) is 2.47. The lowest BCUT2D eigenvalue weighted by molar-refractivity contribution is -0.118. The molecule has 0 unspecified atom stereocenters. The Hall–Kier alpha value is -2.11. The van der Waals surface area contributed by atoms with E-state index in [2.05, 4.69) is 10.3 Å². The van der Waals surface area contributed by atoms with E-state index < -0.39 is 0 Å². The van der Waals surface area contributed by atoms with Gasteiger partial charge in [0, 0.05) is 22.8 Å². The number of pyridine rings is 1. The Morgan fingerprint density at radius 3 is 2.86 bits per heavy atom. The third kappa shape index (κ3) is 5.06. The summed E-state index contributed by atoms with van der Waals surface area (Å²) >= 11 is 5.84. The first-order chi connectivity index (χ1) is 10.2. The zero-order valence-corrected chi connectivity index (χ0v) is 12.1. The number of rotatable bonds is 6. The zero-order chi connectivity index (χ0) is 15.1. The minimum Gasteiger partial charge on any atom is -0.482 e. The molecular formula is C15H16ClN3O2. The van der Waals surface area contributed by atoms with E-state index in [1.807, 2.05) is 6.07 Å². The van der Waals surface area contributed by atoms with Crippen molar-refractivity contribution in [3.63, 3.8) is 0 Å². The highest BCUT2D eigenvalue weighted by Gasteiger charge is 2.04. The van der Waals surface area contributed by atoms with Crippen LogP contribution in [0.15, 0.2) is 42.6 Å². The summed E-state index contributed by atoms with van der Waals surface area (Å²) in [5.74, 6) is 0.278. The van der Waals surface area contributed by atoms with E-state index in [0.717, 1.165) is 12.1 Å². The first kappa shape index (κ1) is 15.3. The maximum Gasteiger partial charge on any atom is 0.262 e. The van der Waals surface area contributed by atoms with Gasteiger partial charge in [-0.05, 0) is 36.9 Å². The lowest BCUT2D eigenvalue weighted by Gasteiger charge is -2.08. The number of ether oxygens (including phenoxy) is 1. The maximum atomic E-state index is 11.8. The zero-order valence-electron chi connectivity index (χ0n) is 11.4. The number of carbonyl (C=O) groups excluding carboxylic acids is 1. The number of nitrogens with zero attached hydrogens (tertiary/aromatic N) is 1. The summed E-state index contributed by atoms with van der Waals surface area (Å²) in [6, 6.07) is 10.5. The maximum absolute atomic E-state index is 11.8. The summed E-state index contributed by atoms with van der Waals surface area (Å²) in [6.45, 7) is 0.458. The van der Waals surface area contributed by atoms with Crippen molar-refractivity contribution in [3.8, 4) is 5.75 Å². The number of hydrogen-bond donors (Lipinski definition) is 2. The standard InChI is InChI=1S/C15H16ClN3O2/c16-11-2-1-3-13(8-11)19-15(20)10-21-14-5-4-12(6-7-17)18-9-14/h1-5,8-9H,6-7,10,17H2,(H,19,20). The van der Waals surface area contributed by atoms with Gasteiger partial charge in [0.05, 0.1) is 6.20 Å². The summed E-state index contributed by atoms with van der Waals surface area (Å²) in [7, 11) is 0. The van der Waals surface area contributed by atoms with Gasteiger partial charge in [-0.15, -0.1) is 0 Å². The van der Waals surface area contributed by atoms with E-state index in [1.54, 1.807) is 36.5 Å². The summed E-state index contributed by atoms with van der Waals surface area (Å²) in [6.07, 6.45) is 2.30. The van der Waals surface area contributed by atoms with Gasteiger partial charge in [0.25, 0.3) is 5.91 Å². The highest BCUT2D eigenvalue weighted by molar-refractivity contribution is 6.30. The molecule has 1 amide bonds. The molecule has 0 saturated carbocycles. The molecule has 21 heavy (non-hydrogen) atoms. The van der Waals surface area contributed by atoms with Gasteiger partial charge in [0.15, 0.2) is 6.61 Å². The van der Waals surface area contributed by atoms with E-state index in [0.29, 0.717) is 23.0 Å². The highest BCUT2D eigenvalue weighted by Crippen LogP contribution is 2.15. The van der Waals surface area contributed by atoms with Crippen LogP contribution in [-0.4, -0.2) is 24.0 Å². The van der Waals surface area contributed by atoms with Crippen molar-refractivity contribution in [2.45, 2.75) is 6.42 Å². The fourth-order valence-electron chi connectivity index (χ4n) is 1.70. The van der Waals surface area contributed by atoms with Crippen LogP contribution in [0.3, 0.4) is 0 Å². The minimum absolute atomic E-state index is 0.0928. The number of nitrogens with two attached hydrogens (primary N) is 1. The van der Waals surface area contributed by atoms with Gasteiger partial charge in [-0.3, -0.25) is 9.78 Å². The van der Waals surface area contributed by atoms with Crippen LogP contribution in [0.1, 0.15) is 5.69 Å². The number of amides is 1. The molecule has 1 heterocycles. The van der Waals surface area contributed by atoms with Crippen molar-refractivity contribution in [1.29, 1.82) is 0 Å². The van der Waals surface area contributed by atoms with Gasteiger partial charge in [-0.2, -0.15) is 0 Å². The molecule has 0 radical (unpaired) electrons. The quantitative estimate of drug-likeness (QED) is 0.858. The van der Waals surface area contributed by atoms with Gasteiger partial charge < -0.3 is 15.8 Å². The first-order valence-corrected chi connectivity index (χ1v) is 6.88. The number of aromatic nitrogens is 1. The van der Waals surface area contributed by atoms with Gasteiger partial charge in [0.1, 0.15) is 5.75 Å². The molecule has 5 nitrogen and oxygen atoms in total. The molecule has 0 spiro atoms. The normalized spacial score (nSPS) is 10.2.